The van der Waals surface area contributed by atoms with Crippen molar-refractivity contribution in [1.29, 1.82) is 0 Å². The molecule has 1 heterocycles. The van der Waals surface area contributed by atoms with Gasteiger partial charge < -0.3 is 5.32 Å². The van der Waals surface area contributed by atoms with Gasteiger partial charge in [-0.3, -0.25) is 0 Å². The Kier molecular flexibility index (Phi) is 3.42. The van der Waals surface area contributed by atoms with Crippen LogP contribution >= 0.6 is 0 Å². The normalized spacial score (nSPS) is 17.4. The number of nitrogens with zero attached hydrogens (tertiary/aromatic N) is 2. The van der Waals surface area contributed by atoms with Crippen LogP contribution in [0.15, 0.2) is 0 Å². The highest BCUT2D eigenvalue weighted by atomic mass is 15.0. The molecule has 0 unspecified atom stereocenters. The lowest BCUT2D eigenvalue weighted by Gasteiger charge is -2.21. The first kappa shape index (κ1) is 11.4. The molecule has 0 bridgehead atoms. The van der Waals surface area contributed by atoms with E-state index < -0.39 is 0 Å². The van der Waals surface area contributed by atoms with Gasteiger partial charge in [0.25, 0.3) is 0 Å². The van der Waals surface area contributed by atoms with Crippen LogP contribution < -0.4 is 5.32 Å². The maximum atomic E-state index is 4.65. The second kappa shape index (κ2) is 4.81. The Morgan fingerprint density at radius 1 is 1.06 bits per heavy atom. The molecule has 1 aliphatic carbocycles. The summed E-state index contributed by atoms with van der Waals surface area (Å²) >= 11 is 0. The molecule has 0 radical (unpaired) electrons. The van der Waals surface area contributed by atoms with Gasteiger partial charge in [0.15, 0.2) is 0 Å². The molecular formula is C13H21N3. The van der Waals surface area contributed by atoms with Crippen molar-refractivity contribution in [3.63, 3.8) is 0 Å². The highest BCUT2D eigenvalue weighted by Gasteiger charge is 2.19. The topological polar surface area (TPSA) is 37.8 Å². The predicted octanol–water partition coefficient (Wildman–Crippen LogP) is 3.18. The first-order chi connectivity index (χ1) is 7.72. The lowest BCUT2D eigenvalue weighted by Crippen LogP contribution is -2.12. The summed E-state index contributed by atoms with van der Waals surface area (Å²) in [6.45, 7) is 4.15. The first-order valence-electron chi connectivity index (χ1n) is 6.25. The van der Waals surface area contributed by atoms with Crippen molar-refractivity contribution >= 4 is 5.82 Å². The number of nitrogens with one attached hydrogen (secondary N) is 1. The fourth-order valence-electron chi connectivity index (χ4n) is 2.44. The van der Waals surface area contributed by atoms with Gasteiger partial charge in [-0.25, -0.2) is 9.97 Å². The maximum Gasteiger partial charge on any atom is 0.134 e. The maximum absolute atomic E-state index is 4.65. The molecule has 1 aromatic rings. The first-order valence-corrected chi connectivity index (χ1v) is 6.25. The van der Waals surface area contributed by atoms with Gasteiger partial charge in [0.05, 0.1) is 0 Å². The summed E-state index contributed by atoms with van der Waals surface area (Å²) in [5, 5.41) is 3.16. The van der Waals surface area contributed by atoms with E-state index in [-0.39, 0.29) is 0 Å². The highest BCUT2D eigenvalue weighted by Crippen LogP contribution is 2.31. The molecule has 1 fully saturated rings. The average Bonchev–Trinajstić information content (AvgIpc) is 2.33. The molecular weight excluding hydrogens is 198 g/mol. The van der Waals surface area contributed by atoms with Gasteiger partial charge in [0.1, 0.15) is 11.6 Å². The quantitative estimate of drug-likeness (QED) is 0.830. The third-order valence-electron chi connectivity index (χ3n) is 3.61. The van der Waals surface area contributed by atoms with Gasteiger partial charge in [-0.15, -0.1) is 0 Å². The molecule has 0 spiro atoms. The lowest BCUT2D eigenvalue weighted by atomic mass is 9.88. The minimum absolute atomic E-state index is 0.583. The Bertz CT molecular complexity index is 368. The van der Waals surface area contributed by atoms with E-state index in [2.05, 4.69) is 29.1 Å². The van der Waals surface area contributed by atoms with Gasteiger partial charge >= 0.3 is 0 Å². The number of hydrogen-bond acceptors (Lipinski definition) is 3. The van der Waals surface area contributed by atoms with Crippen LogP contribution in [0.1, 0.15) is 55.1 Å². The fourth-order valence-corrected chi connectivity index (χ4v) is 2.44. The van der Waals surface area contributed by atoms with Gasteiger partial charge in [0, 0.05) is 24.2 Å². The summed E-state index contributed by atoms with van der Waals surface area (Å²) in [5.74, 6) is 2.63. The van der Waals surface area contributed by atoms with Crippen LogP contribution in [0.5, 0.6) is 0 Å². The standard InChI is InChI=1S/C13H21N3/c1-9-10(2)15-13(16-12(9)14-3)11-7-5-4-6-8-11/h11H,4-8H2,1-3H3,(H,14,15,16). The van der Waals surface area contributed by atoms with E-state index >= 15 is 0 Å². The Balaban J connectivity index is 2.29. The third kappa shape index (κ3) is 2.18. The minimum Gasteiger partial charge on any atom is -0.373 e. The minimum atomic E-state index is 0.583. The predicted molar refractivity (Wildman–Crippen MR) is 66.9 cm³/mol. The molecule has 3 heteroatoms. The van der Waals surface area contributed by atoms with Crippen LogP contribution in [-0.4, -0.2) is 17.0 Å². The van der Waals surface area contributed by atoms with Crippen molar-refractivity contribution in [2.75, 3.05) is 12.4 Å². The van der Waals surface area contributed by atoms with E-state index in [1.807, 2.05) is 7.05 Å². The SMILES string of the molecule is CNc1nc(C2CCCCC2)nc(C)c1C. The highest BCUT2D eigenvalue weighted by molar-refractivity contribution is 5.45. The van der Waals surface area contributed by atoms with Crippen molar-refractivity contribution < 1.29 is 0 Å². The zero-order valence-corrected chi connectivity index (χ0v) is 10.5. The van der Waals surface area contributed by atoms with Crippen molar-refractivity contribution in [1.82, 2.24) is 9.97 Å². The summed E-state index contributed by atoms with van der Waals surface area (Å²) in [6, 6.07) is 0. The van der Waals surface area contributed by atoms with Crippen molar-refractivity contribution in [3.05, 3.63) is 17.1 Å². The molecule has 1 aromatic heterocycles. The summed E-state index contributed by atoms with van der Waals surface area (Å²) in [4.78, 5) is 9.31. The van der Waals surface area contributed by atoms with Crippen molar-refractivity contribution in [3.8, 4) is 0 Å². The third-order valence-corrected chi connectivity index (χ3v) is 3.61. The summed E-state index contributed by atoms with van der Waals surface area (Å²) in [6.07, 6.45) is 6.54. The lowest BCUT2D eigenvalue weighted by molar-refractivity contribution is 0.428. The van der Waals surface area contributed by atoms with Gasteiger partial charge in [0.2, 0.25) is 0 Å². The number of hydrogen-bond donors (Lipinski definition) is 1. The summed E-state index contributed by atoms with van der Waals surface area (Å²) in [7, 11) is 1.93. The van der Waals surface area contributed by atoms with E-state index in [9.17, 15) is 0 Å². The van der Waals surface area contributed by atoms with Gasteiger partial charge in [-0.05, 0) is 26.7 Å². The molecule has 0 saturated heterocycles. The van der Waals surface area contributed by atoms with Crippen LogP contribution in [-0.2, 0) is 0 Å². The molecule has 1 N–H and O–H groups in total. The van der Waals surface area contributed by atoms with E-state index in [4.69, 9.17) is 0 Å². The number of aryl methyl sites for hydroxylation is 1. The summed E-state index contributed by atoms with van der Waals surface area (Å²) in [5.41, 5.74) is 2.28. The van der Waals surface area contributed by atoms with Crippen LogP contribution in [0.25, 0.3) is 0 Å². The van der Waals surface area contributed by atoms with Crippen LogP contribution in [0.2, 0.25) is 0 Å². The van der Waals surface area contributed by atoms with E-state index in [0.717, 1.165) is 17.3 Å². The Labute approximate surface area is 97.7 Å². The molecule has 0 aliphatic heterocycles. The Morgan fingerprint density at radius 3 is 2.38 bits per heavy atom. The van der Waals surface area contributed by atoms with E-state index in [0.29, 0.717) is 5.92 Å². The smallest absolute Gasteiger partial charge is 0.134 e. The number of anilines is 1. The molecule has 88 valence electrons. The van der Waals surface area contributed by atoms with Crippen LogP contribution in [0.4, 0.5) is 5.82 Å². The molecule has 3 nitrogen and oxygen atoms in total. The Hall–Kier alpha value is -1.12. The molecule has 1 aliphatic rings. The molecule has 16 heavy (non-hydrogen) atoms. The zero-order chi connectivity index (χ0) is 11.5. The van der Waals surface area contributed by atoms with Gasteiger partial charge in [-0.2, -0.15) is 0 Å². The molecule has 1 saturated carbocycles. The van der Waals surface area contributed by atoms with E-state index in [1.54, 1.807) is 0 Å². The monoisotopic (exact) mass is 219 g/mol. The summed E-state index contributed by atoms with van der Waals surface area (Å²) < 4.78 is 0. The fraction of sp³-hybridized carbons (Fsp3) is 0.692. The molecule has 0 amide bonds. The van der Waals surface area contributed by atoms with Crippen molar-refractivity contribution in [2.45, 2.75) is 51.9 Å². The molecule has 0 aromatic carbocycles. The Morgan fingerprint density at radius 2 is 1.75 bits per heavy atom. The molecule has 2 rings (SSSR count). The number of rotatable bonds is 2. The largest absolute Gasteiger partial charge is 0.373 e. The number of aromatic nitrogens is 2. The van der Waals surface area contributed by atoms with Crippen LogP contribution in [0, 0.1) is 13.8 Å². The second-order valence-corrected chi connectivity index (χ2v) is 4.73. The second-order valence-electron chi connectivity index (χ2n) is 4.73. The van der Waals surface area contributed by atoms with Gasteiger partial charge in [-0.1, -0.05) is 19.3 Å². The van der Waals surface area contributed by atoms with Crippen LogP contribution in [0.3, 0.4) is 0 Å². The zero-order valence-electron chi connectivity index (χ0n) is 10.5. The molecule has 0 atom stereocenters. The van der Waals surface area contributed by atoms with Crippen molar-refractivity contribution in [2.24, 2.45) is 0 Å². The average molecular weight is 219 g/mol. The van der Waals surface area contributed by atoms with E-state index in [1.165, 1.54) is 37.7 Å².